The maximum absolute atomic E-state index is 13.8. The molecule has 0 radical (unpaired) electrons. The Hall–Kier alpha value is -2.49. The molecular weight excluding hydrogens is 324 g/mol. The van der Waals surface area contributed by atoms with Gasteiger partial charge in [-0.2, -0.15) is 0 Å². The second kappa shape index (κ2) is 6.04. The molecule has 3 heteroatoms. The van der Waals surface area contributed by atoms with Gasteiger partial charge in [0.15, 0.2) is 5.78 Å². The third-order valence-corrected chi connectivity index (χ3v) is 5.69. The summed E-state index contributed by atoms with van der Waals surface area (Å²) in [6.07, 6.45) is 6.22. The fourth-order valence-corrected chi connectivity index (χ4v) is 4.67. The molecule has 5 rings (SSSR count). The lowest BCUT2D eigenvalue weighted by atomic mass is 9.63. The topological polar surface area (TPSA) is 35.5 Å². The van der Waals surface area contributed by atoms with Crippen molar-refractivity contribution in [3.05, 3.63) is 95.6 Å². The van der Waals surface area contributed by atoms with Crippen LogP contribution >= 0.6 is 0 Å². The Kier molecular flexibility index (Phi) is 3.66. The van der Waals surface area contributed by atoms with Crippen LogP contribution in [0.4, 0.5) is 0 Å². The zero-order chi connectivity index (χ0) is 17.6. The van der Waals surface area contributed by atoms with Crippen LogP contribution in [-0.2, 0) is 14.3 Å². The smallest absolute Gasteiger partial charge is 0.206 e. The summed E-state index contributed by atoms with van der Waals surface area (Å²) in [4.78, 5) is 13.8. The lowest BCUT2D eigenvalue weighted by molar-refractivity contribution is -0.171. The Labute approximate surface area is 152 Å². The van der Waals surface area contributed by atoms with E-state index in [4.69, 9.17) is 9.47 Å². The summed E-state index contributed by atoms with van der Waals surface area (Å²) in [5, 5.41) is 0. The molecule has 0 amide bonds. The maximum atomic E-state index is 13.8. The van der Waals surface area contributed by atoms with Crippen LogP contribution in [0, 0.1) is 5.92 Å². The van der Waals surface area contributed by atoms with Crippen LogP contribution in [0.5, 0.6) is 0 Å². The fourth-order valence-electron chi connectivity index (χ4n) is 4.67. The first-order chi connectivity index (χ1) is 12.8. The average molecular weight is 344 g/mol. The van der Waals surface area contributed by atoms with Gasteiger partial charge in [-0.15, -0.1) is 0 Å². The van der Waals surface area contributed by atoms with E-state index >= 15 is 0 Å². The van der Waals surface area contributed by atoms with E-state index in [-0.39, 0.29) is 17.6 Å². The van der Waals surface area contributed by atoms with E-state index in [0.29, 0.717) is 13.2 Å². The van der Waals surface area contributed by atoms with Gasteiger partial charge >= 0.3 is 0 Å². The molecule has 1 aliphatic heterocycles. The van der Waals surface area contributed by atoms with Crippen LogP contribution in [0.2, 0.25) is 0 Å². The first-order valence-corrected chi connectivity index (χ1v) is 9.12. The molecule has 3 atom stereocenters. The first kappa shape index (κ1) is 15.7. The average Bonchev–Trinajstić information content (AvgIpc) is 3.34. The molecule has 2 aromatic carbocycles. The van der Waals surface area contributed by atoms with Crippen LogP contribution in [0.3, 0.4) is 0 Å². The highest BCUT2D eigenvalue weighted by atomic mass is 16.7. The van der Waals surface area contributed by atoms with Gasteiger partial charge in [0, 0.05) is 5.92 Å². The standard InChI is InChI=1S/C23H20O3/c24-22-20(16-8-3-1-4-9-16)18-12-7-13-19(18)23(25-14-15-26-23)21(22)17-10-5-2-6-11-17/h1-13,18,20-21H,14-15H2/t18-,20+,21-/m1/s1. The van der Waals surface area contributed by atoms with Crippen LogP contribution in [-0.4, -0.2) is 24.8 Å². The Morgan fingerprint density at radius 1 is 0.846 bits per heavy atom. The molecule has 0 N–H and O–H groups in total. The molecule has 26 heavy (non-hydrogen) atoms. The van der Waals surface area contributed by atoms with Crippen molar-refractivity contribution in [3.63, 3.8) is 0 Å². The van der Waals surface area contributed by atoms with E-state index in [2.05, 4.69) is 12.2 Å². The molecule has 0 aromatic heterocycles. The highest BCUT2D eigenvalue weighted by molar-refractivity contribution is 5.96. The molecule has 1 heterocycles. The van der Waals surface area contributed by atoms with Gasteiger partial charge in [-0.1, -0.05) is 78.9 Å². The number of benzene rings is 2. The molecule has 3 aliphatic rings. The monoisotopic (exact) mass is 344 g/mol. The van der Waals surface area contributed by atoms with Crippen molar-refractivity contribution in [1.82, 2.24) is 0 Å². The van der Waals surface area contributed by atoms with Crippen molar-refractivity contribution < 1.29 is 14.3 Å². The molecule has 0 unspecified atom stereocenters. The van der Waals surface area contributed by atoms with Crippen molar-refractivity contribution in [3.8, 4) is 0 Å². The van der Waals surface area contributed by atoms with Crippen LogP contribution in [0.1, 0.15) is 23.0 Å². The zero-order valence-corrected chi connectivity index (χ0v) is 14.4. The molecule has 1 saturated heterocycles. The first-order valence-electron chi connectivity index (χ1n) is 9.12. The van der Waals surface area contributed by atoms with Gasteiger partial charge in [-0.3, -0.25) is 4.79 Å². The van der Waals surface area contributed by atoms with E-state index in [1.807, 2.05) is 66.7 Å². The fraction of sp³-hybridized carbons (Fsp3) is 0.261. The maximum Gasteiger partial charge on any atom is 0.206 e. The predicted molar refractivity (Wildman–Crippen MR) is 98.7 cm³/mol. The number of hydrogen-bond donors (Lipinski definition) is 0. The zero-order valence-electron chi connectivity index (χ0n) is 14.4. The Morgan fingerprint density at radius 2 is 1.46 bits per heavy atom. The van der Waals surface area contributed by atoms with Gasteiger partial charge in [0.05, 0.1) is 19.1 Å². The van der Waals surface area contributed by atoms with Gasteiger partial charge in [0.2, 0.25) is 5.79 Å². The number of carbonyl (C=O) groups excluding carboxylic acids is 1. The summed E-state index contributed by atoms with van der Waals surface area (Å²) >= 11 is 0. The number of hydrogen-bond acceptors (Lipinski definition) is 3. The number of Topliss-reactive ketones (excluding diaryl/α,β-unsaturated/α-hetero) is 1. The predicted octanol–water partition coefficient (Wildman–Crippen LogP) is 3.99. The quantitative estimate of drug-likeness (QED) is 0.826. The van der Waals surface area contributed by atoms with Gasteiger partial charge < -0.3 is 9.47 Å². The van der Waals surface area contributed by atoms with Crippen LogP contribution in [0.15, 0.2) is 84.5 Å². The SMILES string of the molecule is O=C1[C@@H](c2ccccc2)[C@@H]2C=CC=C2C2(OCCO2)[C@@H]1c1ccccc1. The third kappa shape index (κ3) is 2.17. The van der Waals surface area contributed by atoms with Crippen molar-refractivity contribution in [1.29, 1.82) is 0 Å². The number of ketones is 1. The van der Waals surface area contributed by atoms with E-state index in [1.54, 1.807) is 0 Å². The summed E-state index contributed by atoms with van der Waals surface area (Å²) in [6, 6.07) is 20.0. The van der Waals surface area contributed by atoms with Crippen molar-refractivity contribution in [2.45, 2.75) is 17.6 Å². The van der Waals surface area contributed by atoms with Gasteiger partial charge in [0.25, 0.3) is 0 Å². The van der Waals surface area contributed by atoms with Crippen molar-refractivity contribution >= 4 is 5.78 Å². The normalized spacial score (nSPS) is 29.0. The van der Waals surface area contributed by atoms with E-state index in [1.165, 1.54) is 0 Å². The number of fused-ring (bicyclic) bond motifs is 2. The Morgan fingerprint density at radius 3 is 2.12 bits per heavy atom. The third-order valence-electron chi connectivity index (χ3n) is 5.69. The molecule has 3 nitrogen and oxygen atoms in total. The largest absolute Gasteiger partial charge is 0.343 e. The lowest BCUT2D eigenvalue weighted by Crippen LogP contribution is -2.52. The summed E-state index contributed by atoms with van der Waals surface area (Å²) < 4.78 is 12.3. The van der Waals surface area contributed by atoms with Gasteiger partial charge in [-0.05, 0) is 16.7 Å². The molecule has 0 bridgehead atoms. The molecule has 1 spiro atoms. The minimum absolute atomic E-state index is 0.0111. The van der Waals surface area contributed by atoms with Crippen LogP contribution in [0.25, 0.3) is 0 Å². The molecule has 2 aliphatic carbocycles. The van der Waals surface area contributed by atoms with Crippen molar-refractivity contribution in [2.24, 2.45) is 5.92 Å². The van der Waals surface area contributed by atoms with E-state index in [9.17, 15) is 4.79 Å². The highest BCUT2D eigenvalue weighted by Crippen LogP contribution is 2.55. The molecule has 1 saturated carbocycles. The summed E-state index contributed by atoms with van der Waals surface area (Å²) in [5.74, 6) is -1.50. The van der Waals surface area contributed by atoms with E-state index < -0.39 is 11.7 Å². The number of ether oxygens (including phenoxy) is 2. The molecule has 2 aromatic rings. The van der Waals surface area contributed by atoms with E-state index in [0.717, 1.165) is 16.7 Å². The summed E-state index contributed by atoms with van der Waals surface area (Å²) in [6.45, 7) is 1.02. The second-order valence-corrected chi connectivity index (χ2v) is 7.03. The number of allylic oxidation sites excluding steroid dienone is 3. The highest BCUT2D eigenvalue weighted by Gasteiger charge is 2.60. The van der Waals surface area contributed by atoms with Crippen molar-refractivity contribution in [2.75, 3.05) is 13.2 Å². The minimum Gasteiger partial charge on any atom is -0.343 e. The minimum atomic E-state index is -0.974. The Bertz CT molecular complexity index is 876. The summed E-state index contributed by atoms with van der Waals surface area (Å²) in [7, 11) is 0. The number of carbonyl (C=O) groups is 1. The van der Waals surface area contributed by atoms with Crippen LogP contribution < -0.4 is 0 Å². The summed E-state index contributed by atoms with van der Waals surface area (Å²) in [5.41, 5.74) is 3.07. The molecule has 2 fully saturated rings. The van der Waals surface area contributed by atoms with Gasteiger partial charge in [0.1, 0.15) is 5.92 Å². The van der Waals surface area contributed by atoms with Gasteiger partial charge in [-0.25, -0.2) is 0 Å². The molecule has 130 valence electrons. The molecular formula is C23H20O3. The Balaban J connectivity index is 1.70. The number of rotatable bonds is 2. The lowest BCUT2D eigenvalue weighted by Gasteiger charge is -2.46. The second-order valence-electron chi connectivity index (χ2n) is 7.03.